The van der Waals surface area contributed by atoms with Gasteiger partial charge in [-0.15, -0.1) is 0 Å². The Bertz CT molecular complexity index is 668. The zero-order valence-electron chi connectivity index (χ0n) is 10.5. The Hall–Kier alpha value is -1.38. The van der Waals surface area contributed by atoms with Crippen LogP contribution in [0.3, 0.4) is 0 Å². The number of aromatic nitrogens is 1. The minimum Gasteiger partial charge on any atom is -0.278 e. The van der Waals surface area contributed by atoms with Crippen LogP contribution in [0.25, 0.3) is 0 Å². The van der Waals surface area contributed by atoms with E-state index < -0.39 is 5.91 Å². The van der Waals surface area contributed by atoms with E-state index in [0.29, 0.717) is 10.0 Å². The molecule has 0 unspecified atom stereocenters. The van der Waals surface area contributed by atoms with Crippen LogP contribution in [0.4, 0.5) is 0 Å². The van der Waals surface area contributed by atoms with Crippen molar-refractivity contribution in [2.75, 3.05) is 0 Å². The van der Waals surface area contributed by atoms with Crippen molar-refractivity contribution in [2.24, 2.45) is 0 Å². The van der Waals surface area contributed by atoms with E-state index in [2.05, 4.69) is 46.3 Å². The van der Waals surface area contributed by atoms with Gasteiger partial charge in [-0.05, 0) is 50.1 Å². The lowest BCUT2D eigenvalue weighted by Crippen LogP contribution is -2.26. The van der Waals surface area contributed by atoms with Gasteiger partial charge in [-0.1, -0.05) is 18.2 Å². The lowest BCUT2D eigenvalue weighted by atomic mass is 10.2. The molecule has 0 aliphatic carbocycles. The van der Waals surface area contributed by atoms with Gasteiger partial charge >= 0.3 is 0 Å². The molecular weight excluding hydrogens is 422 g/mol. The van der Waals surface area contributed by atoms with E-state index in [0.717, 1.165) is 16.6 Å². The highest BCUT2D eigenvalue weighted by Gasteiger charge is 2.13. The Morgan fingerprint density at radius 1 is 1.05 bits per heavy atom. The van der Waals surface area contributed by atoms with Crippen molar-refractivity contribution < 1.29 is 9.59 Å². The standard InChI is InChI=1S/C13H9Br2N3O2S/c14-9-6-10(15)11(16-7-9)13(20)18-21-17-12(19)8-4-2-1-3-5-8/h1-7H,(H,17,19)(H,18,20). The fourth-order valence-corrected chi connectivity index (χ4v) is 3.02. The van der Waals surface area contributed by atoms with E-state index >= 15 is 0 Å². The van der Waals surface area contributed by atoms with Gasteiger partial charge in [0, 0.05) is 16.2 Å². The maximum Gasteiger partial charge on any atom is 0.282 e. The first-order chi connectivity index (χ1) is 10.1. The lowest BCUT2D eigenvalue weighted by molar-refractivity contribution is 0.0978. The van der Waals surface area contributed by atoms with Crippen molar-refractivity contribution in [3.05, 3.63) is 62.8 Å². The number of halogens is 2. The van der Waals surface area contributed by atoms with Crippen molar-refractivity contribution in [2.45, 2.75) is 0 Å². The highest BCUT2D eigenvalue weighted by molar-refractivity contribution is 9.11. The summed E-state index contributed by atoms with van der Waals surface area (Å²) in [5.74, 6) is -0.698. The molecule has 2 N–H and O–H groups in total. The summed E-state index contributed by atoms with van der Waals surface area (Å²) < 4.78 is 6.34. The fraction of sp³-hybridized carbons (Fsp3) is 0. The third-order valence-corrected chi connectivity index (χ3v) is 3.96. The van der Waals surface area contributed by atoms with Gasteiger partial charge < -0.3 is 0 Å². The molecule has 1 aromatic heterocycles. The Kier molecular flexibility index (Phi) is 5.77. The number of nitrogens with zero attached hydrogens (tertiary/aromatic N) is 1. The van der Waals surface area contributed by atoms with Gasteiger partial charge in [0.05, 0.1) is 16.6 Å². The summed E-state index contributed by atoms with van der Waals surface area (Å²) in [7, 11) is 0. The van der Waals surface area contributed by atoms with Crippen LogP contribution in [0, 0.1) is 0 Å². The second-order valence-corrected chi connectivity index (χ2v) is 6.20. The third-order valence-electron chi connectivity index (χ3n) is 2.35. The number of amides is 2. The molecule has 2 amide bonds. The molecule has 1 heterocycles. The van der Waals surface area contributed by atoms with Gasteiger partial charge in [-0.2, -0.15) is 0 Å². The number of nitrogens with one attached hydrogen (secondary N) is 2. The molecule has 2 rings (SSSR count). The Morgan fingerprint density at radius 3 is 2.38 bits per heavy atom. The molecule has 108 valence electrons. The van der Waals surface area contributed by atoms with Gasteiger partial charge in [0.1, 0.15) is 5.69 Å². The van der Waals surface area contributed by atoms with Crippen molar-refractivity contribution in [1.82, 2.24) is 14.4 Å². The van der Waals surface area contributed by atoms with Crippen LogP contribution in [-0.2, 0) is 0 Å². The summed E-state index contributed by atoms with van der Waals surface area (Å²) in [6.07, 6.45) is 1.52. The summed E-state index contributed by atoms with van der Waals surface area (Å²) in [5.41, 5.74) is 0.752. The number of hydrogen-bond donors (Lipinski definition) is 2. The highest BCUT2D eigenvalue weighted by atomic mass is 79.9. The topological polar surface area (TPSA) is 71.1 Å². The number of carbonyl (C=O) groups is 2. The molecule has 0 fully saturated rings. The largest absolute Gasteiger partial charge is 0.282 e. The van der Waals surface area contributed by atoms with Gasteiger partial charge in [0.25, 0.3) is 11.8 Å². The summed E-state index contributed by atoms with van der Waals surface area (Å²) >= 11 is 7.31. The molecule has 0 spiro atoms. The van der Waals surface area contributed by atoms with Crippen LogP contribution in [0.2, 0.25) is 0 Å². The first-order valence-corrected chi connectivity index (χ1v) is 8.11. The van der Waals surface area contributed by atoms with Gasteiger partial charge in [-0.25, -0.2) is 4.98 Å². The van der Waals surface area contributed by atoms with E-state index in [1.807, 2.05) is 6.07 Å². The molecule has 0 saturated heterocycles. The molecule has 0 aliphatic heterocycles. The molecule has 0 atom stereocenters. The lowest BCUT2D eigenvalue weighted by Gasteiger charge is -2.06. The van der Waals surface area contributed by atoms with Crippen LogP contribution < -0.4 is 9.44 Å². The quantitative estimate of drug-likeness (QED) is 0.729. The monoisotopic (exact) mass is 429 g/mol. The number of rotatable bonds is 4. The Balaban J connectivity index is 1.89. The van der Waals surface area contributed by atoms with E-state index in [4.69, 9.17) is 0 Å². The van der Waals surface area contributed by atoms with Crippen LogP contribution in [0.5, 0.6) is 0 Å². The highest BCUT2D eigenvalue weighted by Crippen LogP contribution is 2.19. The van der Waals surface area contributed by atoms with Gasteiger partial charge in [0.15, 0.2) is 0 Å². The van der Waals surface area contributed by atoms with Gasteiger partial charge in [-0.3, -0.25) is 19.0 Å². The predicted molar refractivity (Wildman–Crippen MR) is 88.6 cm³/mol. The van der Waals surface area contributed by atoms with Crippen LogP contribution in [-0.4, -0.2) is 16.8 Å². The van der Waals surface area contributed by atoms with E-state index in [-0.39, 0.29) is 11.6 Å². The average molecular weight is 431 g/mol. The number of hydrogen-bond acceptors (Lipinski definition) is 4. The minimum atomic E-state index is -0.410. The Morgan fingerprint density at radius 2 is 1.71 bits per heavy atom. The molecule has 0 aliphatic rings. The molecule has 8 heteroatoms. The molecule has 0 radical (unpaired) electrons. The minimum absolute atomic E-state index is 0.236. The molecule has 1 aromatic carbocycles. The third kappa shape index (κ3) is 4.55. The van der Waals surface area contributed by atoms with Crippen LogP contribution in [0.1, 0.15) is 20.8 Å². The van der Waals surface area contributed by atoms with Gasteiger partial charge in [0.2, 0.25) is 0 Å². The van der Waals surface area contributed by atoms with Crippen molar-refractivity contribution in [3.63, 3.8) is 0 Å². The zero-order chi connectivity index (χ0) is 15.2. The summed E-state index contributed by atoms with van der Waals surface area (Å²) in [6.45, 7) is 0. The summed E-state index contributed by atoms with van der Waals surface area (Å²) in [4.78, 5) is 27.7. The molecule has 21 heavy (non-hydrogen) atoms. The van der Waals surface area contributed by atoms with Crippen LogP contribution >= 0.6 is 44.0 Å². The average Bonchev–Trinajstić information content (AvgIpc) is 2.47. The van der Waals surface area contributed by atoms with Crippen molar-refractivity contribution in [3.8, 4) is 0 Å². The second-order valence-electron chi connectivity index (χ2n) is 3.81. The second kappa shape index (κ2) is 7.58. The van der Waals surface area contributed by atoms with E-state index in [1.54, 1.807) is 30.3 Å². The molecule has 0 saturated carbocycles. The SMILES string of the molecule is O=C(NSNC(=O)c1ncc(Br)cc1Br)c1ccccc1. The summed E-state index contributed by atoms with van der Waals surface area (Å²) in [5, 5.41) is 0. The van der Waals surface area contributed by atoms with Crippen molar-refractivity contribution in [1.29, 1.82) is 0 Å². The summed E-state index contributed by atoms with van der Waals surface area (Å²) in [6, 6.07) is 10.4. The van der Waals surface area contributed by atoms with E-state index in [1.165, 1.54) is 6.20 Å². The predicted octanol–water partition coefficient (Wildman–Crippen LogP) is 3.33. The normalized spacial score (nSPS) is 10.0. The molecule has 5 nitrogen and oxygen atoms in total. The molecule has 0 bridgehead atoms. The smallest absolute Gasteiger partial charge is 0.278 e. The first-order valence-electron chi connectivity index (χ1n) is 5.70. The molecule has 2 aromatic rings. The van der Waals surface area contributed by atoms with Crippen LogP contribution in [0.15, 0.2) is 51.5 Å². The maximum absolute atomic E-state index is 11.9. The number of benzene rings is 1. The first kappa shape index (κ1) is 16.0. The maximum atomic E-state index is 11.9. The Labute approximate surface area is 142 Å². The number of pyridine rings is 1. The number of carbonyl (C=O) groups excluding carboxylic acids is 2. The van der Waals surface area contributed by atoms with E-state index in [9.17, 15) is 9.59 Å². The fourth-order valence-electron chi connectivity index (χ4n) is 1.40. The molecular formula is C13H9Br2N3O2S. The van der Waals surface area contributed by atoms with Crippen molar-refractivity contribution >= 4 is 55.8 Å². The zero-order valence-corrected chi connectivity index (χ0v) is 14.5.